The fourth-order valence-electron chi connectivity index (χ4n) is 2.35. The molecule has 8 heteroatoms. The predicted octanol–water partition coefficient (Wildman–Crippen LogP) is 1.36. The molecule has 1 aromatic heterocycles. The molecular weight excluding hydrogens is 292 g/mol. The first-order chi connectivity index (χ1) is 9.77. The molecule has 118 valence electrons. The second-order valence-corrected chi connectivity index (χ2v) is 8.10. The van der Waals surface area contributed by atoms with Crippen LogP contribution in [-0.2, 0) is 9.84 Å². The van der Waals surface area contributed by atoms with Crippen molar-refractivity contribution in [2.24, 2.45) is 5.92 Å². The predicted molar refractivity (Wildman–Crippen MR) is 81.0 cm³/mol. The third-order valence-corrected chi connectivity index (χ3v) is 5.28. The lowest BCUT2D eigenvalue weighted by molar-refractivity contribution is 0.209. The van der Waals surface area contributed by atoms with Crippen molar-refractivity contribution in [2.75, 3.05) is 29.9 Å². The van der Waals surface area contributed by atoms with Crippen LogP contribution in [0.25, 0.3) is 0 Å². The summed E-state index contributed by atoms with van der Waals surface area (Å²) < 4.78 is 25.2. The van der Waals surface area contributed by atoms with E-state index in [0.717, 1.165) is 0 Å². The highest BCUT2D eigenvalue weighted by Crippen LogP contribution is 2.13. The van der Waals surface area contributed by atoms with E-state index in [1.807, 2.05) is 20.8 Å². The van der Waals surface area contributed by atoms with Crippen molar-refractivity contribution in [3.8, 4) is 0 Å². The minimum atomic E-state index is -3.06. The average Bonchev–Trinajstić information content (AvgIpc) is 2.76. The molecule has 0 radical (unpaired) electrons. The SMILES string of the molecule is CC1CN(C(=O)Nc2ccn(C(C)C)n2)CCS(=O)(=O)C1. The fraction of sp³-hybridized carbons (Fsp3) is 0.692. The summed E-state index contributed by atoms with van der Waals surface area (Å²) >= 11 is 0. The van der Waals surface area contributed by atoms with Crippen LogP contribution in [0.15, 0.2) is 12.3 Å². The zero-order valence-electron chi connectivity index (χ0n) is 12.6. The van der Waals surface area contributed by atoms with Gasteiger partial charge in [0.25, 0.3) is 0 Å². The van der Waals surface area contributed by atoms with Crippen LogP contribution in [0, 0.1) is 5.92 Å². The van der Waals surface area contributed by atoms with Crippen molar-refractivity contribution in [3.63, 3.8) is 0 Å². The summed E-state index contributed by atoms with van der Waals surface area (Å²) in [6, 6.07) is 1.66. The quantitative estimate of drug-likeness (QED) is 0.893. The van der Waals surface area contributed by atoms with E-state index in [1.54, 1.807) is 21.8 Å². The van der Waals surface area contributed by atoms with Gasteiger partial charge in [-0.1, -0.05) is 6.92 Å². The van der Waals surface area contributed by atoms with Crippen molar-refractivity contribution in [3.05, 3.63) is 12.3 Å². The molecule has 2 heterocycles. The lowest BCUT2D eigenvalue weighted by atomic mass is 10.2. The number of sulfone groups is 1. The van der Waals surface area contributed by atoms with Gasteiger partial charge in [-0.05, 0) is 19.8 Å². The van der Waals surface area contributed by atoms with Crippen LogP contribution in [0.4, 0.5) is 10.6 Å². The number of hydrogen-bond donors (Lipinski definition) is 1. The third kappa shape index (κ3) is 4.20. The molecule has 1 unspecified atom stereocenters. The maximum atomic E-state index is 12.2. The van der Waals surface area contributed by atoms with Crippen LogP contribution in [0.5, 0.6) is 0 Å². The largest absolute Gasteiger partial charge is 0.323 e. The van der Waals surface area contributed by atoms with Gasteiger partial charge in [-0.15, -0.1) is 0 Å². The van der Waals surface area contributed by atoms with Gasteiger partial charge in [-0.25, -0.2) is 13.2 Å². The van der Waals surface area contributed by atoms with Crippen molar-refractivity contribution in [2.45, 2.75) is 26.8 Å². The third-order valence-electron chi connectivity index (χ3n) is 3.40. The number of aromatic nitrogens is 2. The number of amides is 2. The van der Waals surface area contributed by atoms with Gasteiger partial charge in [0.1, 0.15) is 0 Å². The van der Waals surface area contributed by atoms with Crippen LogP contribution in [0.3, 0.4) is 0 Å². The molecule has 1 aliphatic heterocycles. The number of carbonyl (C=O) groups is 1. The van der Waals surface area contributed by atoms with Crippen molar-refractivity contribution >= 4 is 21.7 Å². The molecule has 0 aliphatic carbocycles. The second-order valence-electron chi connectivity index (χ2n) is 5.87. The molecule has 21 heavy (non-hydrogen) atoms. The molecule has 1 atom stereocenters. The minimum Gasteiger partial charge on any atom is -0.323 e. The summed E-state index contributed by atoms with van der Waals surface area (Å²) in [5, 5.41) is 6.98. The lowest BCUT2D eigenvalue weighted by Crippen LogP contribution is -2.38. The number of nitrogens with zero attached hydrogens (tertiary/aromatic N) is 3. The molecule has 0 bridgehead atoms. The minimum absolute atomic E-state index is 0.0190. The molecule has 7 nitrogen and oxygen atoms in total. The molecule has 1 fully saturated rings. The Balaban J connectivity index is 2.02. The zero-order chi connectivity index (χ0) is 15.6. The number of rotatable bonds is 2. The highest BCUT2D eigenvalue weighted by molar-refractivity contribution is 7.91. The topological polar surface area (TPSA) is 84.3 Å². The Labute approximate surface area is 125 Å². The Morgan fingerprint density at radius 2 is 2.19 bits per heavy atom. The first kappa shape index (κ1) is 15.8. The zero-order valence-corrected chi connectivity index (χ0v) is 13.4. The van der Waals surface area contributed by atoms with Gasteiger partial charge in [0.05, 0.1) is 11.5 Å². The van der Waals surface area contributed by atoms with Gasteiger partial charge in [-0.3, -0.25) is 10.00 Å². The highest BCUT2D eigenvalue weighted by atomic mass is 32.2. The Morgan fingerprint density at radius 3 is 2.81 bits per heavy atom. The van der Waals surface area contributed by atoms with Gasteiger partial charge >= 0.3 is 6.03 Å². The van der Waals surface area contributed by atoms with Crippen LogP contribution in [-0.4, -0.2) is 53.7 Å². The number of carbonyl (C=O) groups excluding carboxylic acids is 1. The number of nitrogens with one attached hydrogen (secondary N) is 1. The smallest absolute Gasteiger partial charge is 0.323 e. The Kier molecular flexibility index (Phi) is 4.55. The fourth-order valence-corrected chi connectivity index (χ4v) is 3.99. The first-order valence-electron chi connectivity index (χ1n) is 7.08. The second kappa shape index (κ2) is 6.05. The average molecular weight is 314 g/mol. The molecule has 1 aliphatic rings. The number of urea groups is 1. The van der Waals surface area contributed by atoms with Crippen molar-refractivity contribution in [1.82, 2.24) is 14.7 Å². The van der Waals surface area contributed by atoms with Crippen LogP contribution < -0.4 is 5.32 Å². The Bertz CT molecular complexity index is 609. The maximum absolute atomic E-state index is 12.2. The highest BCUT2D eigenvalue weighted by Gasteiger charge is 2.27. The summed E-state index contributed by atoms with van der Waals surface area (Å²) in [6.07, 6.45) is 1.80. The summed E-state index contributed by atoms with van der Waals surface area (Å²) in [5.41, 5.74) is 0. The van der Waals surface area contributed by atoms with Gasteiger partial charge in [-0.2, -0.15) is 5.10 Å². The van der Waals surface area contributed by atoms with E-state index in [2.05, 4.69) is 10.4 Å². The van der Waals surface area contributed by atoms with E-state index in [-0.39, 0.29) is 36.0 Å². The van der Waals surface area contributed by atoms with Crippen LogP contribution in [0.1, 0.15) is 26.8 Å². The van der Waals surface area contributed by atoms with E-state index in [0.29, 0.717) is 12.4 Å². The van der Waals surface area contributed by atoms with Crippen LogP contribution in [0.2, 0.25) is 0 Å². The van der Waals surface area contributed by atoms with E-state index in [1.165, 1.54) is 0 Å². The molecule has 1 aromatic rings. The number of anilines is 1. The molecule has 0 spiro atoms. The number of hydrogen-bond acceptors (Lipinski definition) is 4. The summed E-state index contributed by atoms with van der Waals surface area (Å²) in [6.45, 7) is 6.51. The Morgan fingerprint density at radius 1 is 1.48 bits per heavy atom. The molecule has 1 N–H and O–H groups in total. The molecule has 2 amide bonds. The molecule has 0 aromatic carbocycles. The van der Waals surface area contributed by atoms with Crippen LogP contribution >= 0.6 is 0 Å². The van der Waals surface area contributed by atoms with Crippen molar-refractivity contribution < 1.29 is 13.2 Å². The summed E-state index contributed by atoms with van der Waals surface area (Å²) in [5.74, 6) is 0.578. The normalized spacial score (nSPS) is 22.1. The standard InChI is InChI=1S/C13H22N4O3S/c1-10(2)17-5-4-12(15-17)14-13(18)16-6-7-21(19,20)9-11(3)8-16/h4-5,10-11H,6-9H2,1-3H3,(H,14,15,18). The molecular formula is C13H22N4O3S. The molecule has 0 saturated carbocycles. The van der Waals surface area contributed by atoms with Crippen molar-refractivity contribution in [1.29, 1.82) is 0 Å². The van der Waals surface area contributed by atoms with E-state index < -0.39 is 9.84 Å². The van der Waals surface area contributed by atoms with Gasteiger partial charge in [0.15, 0.2) is 15.7 Å². The van der Waals surface area contributed by atoms with Gasteiger partial charge in [0.2, 0.25) is 0 Å². The lowest BCUT2D eigenvalue weighted by Gasteiger charge is -2.21. The monoisotopic (exact) mass is 314 g/mol. The summed E-state index contributed by atoms with van der Waals surface area (Å²) in [7, 11) is -3.06. The summed E-state index contributed by atoms with van der Waals surface area (Å²) in [4.78, 5) is 13.8. The van der Waals surface area contributed by atoms with E-state index >= 15 is 0 Å². The maximum Gasteiger partial charge on any atom is 0.323 e. The van der Waals surface area contributed by atoms with E-state index in [9.17, 15) is 13.2 Å². The molecule has 2 rings (SSSR count). The van der Waals surface area contributed by atoms with E-state index in [4.69, 9.17) is 0 Å². The molecule has 1 saturated heterocycles. The Hall–Kier alpha value is -1.57. The first-order valence-corrected chi connectivity index (χ1v) is 8.90. The van der Waals surface area contributed by atoms with Gasteiger partial charge < -0.3 is 4.90 Å². The van der Waals surface area contributed by atoms with Gasteiger partial charge in [0, 0.05) is 31.4 Å².